The van der Waals surface area contributed by atoms with Crippen LogP contribution in [-0.2, 0) is 38.7 Å². The van der Waals surface area contributed by atoms with Crippen LogP contribution < -0.4 is 0 Å². The molecule has 0 bridgehead atoms. The summed E-state index contributed by atoms with van der Waals surface area (Å²) in [5.74, 6) is -1.96. The lowest BCUT2D eigenvalue weighted by molar-refractivity contribution is -0.297. The van der Waals surface area contributed by atoms with Gasteiger partial charge in [-0.3, -0.25) is 14.1 Å². The Kier molecular flexibility index (Phi) is 40.5. The van der Waals surface area contributed by atoms with Crippen LogP contribution >= 0.6 is 0 Å². The summed E-state index contributed by atoms with van der Waals surface area (Å²) >= 11 is 0. The summed E-state index contributed by atoms with van der Waals surface area (Å²) in [4.78, 5) is 25.5. The Morgan fingerprint density at radius 2 is 0.785 bits per heavy atom. The van der Waals surface area contributed by atoms with Crippen molar-refractivity contribution in [2.45, 2.75) is 301 Å². The van der Waals surface area contributed by atoms with E-state index in [0.717, 1.165) is 38.5 Å². The third-order valence-corrected chi connectivity index (χ3v) is 13.7. The van der Waals surface area contributed by atoms with E-state index in [4.69, 9.17) is 18.9 Å². The zero-order valence-electron chi connectivity index (χ0n) is 41.6. The molecule has 0 radical (unpaired) electrons. The number of hydrogen-bond donors (Lipinski definition) is 4. The minimum atomic E-state index is -4.60. The number of esters is 2. The third-order valence-electron chi connectivity index (χ3n) is 12.9. The highest BCUT2D eigenvalue weighted by molar-refractivity contribution is 7.85. The fourth-order valence-electron chi connectivity index (χ4n) is 8.74. The summed E-state index contributed by atoms with van der Waals surface area (Å²) in [6.07, 6.45) is 37.2. The molecule has 1 fully saturated rings. The predicted octanol–water partition coefficient (Wildman–Crippen LogP) is 12.4. The Morgan fingerprint density at radius 1 is 0.462 bits per heavy atom. The van der Waals surface area contributed by atoms with Crippen molar-refractivity contribution in [3.8, 4) is 0 Å². The van der Waals surface area contributed by atoms with Crippen LogP contribution in [0.15, 0.2) is 0 Å². The van der Waals surface area contributed by atoms with Gasteiger partial charge in [-0.05, 0) is 12.8 Å². The summed E-state index contributed by atoms with van der Waals surface area (Å²) in [6.45, 7) is 3.81. The maximum absolute atomic E-state index is 12.9. The molecule has 4 N–H and O–H groups in total. The van der Waals surface area contributed by atoms with Gasteiger partial charge in [-0.15, -0.1) is 0 Å². The summed E-state index contributed by atoms with van der Waals surface area (Å²) < 4.78 is 54.3. The van der Waals surface area contributed by atoms with Gasteiger partial charge in [0.2, 0.25) is 0 Å². The molecular weight excluding hydrogens is 849 g/mol. The number of aliphatic hydroxyl groups is 3. The third kappa shape index (κ3) is 37.3. The van der Waals surface area contributed by atoms with Crippen molar-refractivity contribution in [1.29, 1.82) is 0 Å². The Labute approximate surface area is 397 Å². The quantitative estimate of drug-likeness (QED) is 0.0257. The first-order chi connectivity index (χ1) is 31.5. The van der Waals surface area contributed by atoms with E-state index in [2.05, 4.69) is 13.8 Å². The number of carbonyl (C=O) groups is 2. The monoisotopic (exact) mass is 949 g/mol. The van der Waals surface area contributed by atoms with Crippen LogP contribution in [-0.4, -0.2) is 96.0 Å². The van der Waals surface area contributed by atoms with Crippen molar-refractivity contribution >= 4 is 22.1 Å². The lowest BCUT2D eigenvalue weighted by Gasteiger charge is -2.40. The van der Waals surface area contributed by atoms with Gasteiger partial charge in [-0.1, -0.05) is 239 Å². The highest BCUT2D eigenvalue weighted by atomic mass is 32.2. The van der Waals surface area contributed by atoms with Gasteiger partial charge in [-0.2, -0.15) is 8.42 Å². The molecule has 2 unspecified atom stereocenters. The average molecular weight is 949 g/mol. The first kappa shape index (κ1) is 61.7. The topological polar surface area (TPSA) is 186 Å². The van der Waals surface area contributed by atoms with Gasteiger partial charge in [0.05, 0.1) is 6.61 Å². The molecule has 12 nitrogen and oxygen atoms in total. The van der Waals surface area contributed by atoms with Crippen LogP contribution in [0.25, 0.3) is 0 Å². The zero-order chi connectivity index (χ0) is 47.6. The molecule has 1 heterocycles. The molecule has 13 heteroatoms. The summed E-state index contributed by atoms with van der Waals surface area (Å²) in [6, 6.07) is 0. The highest BCUT2D eigenvalue weighted by Crippen LogP contribution is 2.24. The van der Waals surface area contributed by atoms with E-state index in [9.17, 15) is 37.9 Å². The van der Waals surface area contributed by atoms with Gasteiger partial charge in [0, 0.05) is 12.8 Å². The zero-order valence-corrected chi connectivity index (χ0v) is 42.4. The molecule has 0 aromatic carbocycles. The Balaban J connectivity index is 2.29. The van der Waals surface area contributed by atoms with Gasteiger partial charge in [0.1, 0.15) is 36.8 Å². The normalized spacial score (nSPS) is 19.4. The van der Waals surface area contributed by atoms with Crippen molar-refractivity contribution in [1.82, 2.24) is 0 Å². The molecule has 1 saturated heterocycles. The lowest BCUT2D eigenvalue weighted by Crippen LogP contribution is -2.60. The minimum Gasteiger partial charge on any atom is -0.462 e. The van der Waals surface area contributed by atoms with E-state index in [1.165, 1.54) is 186 Å². The fourth-order valence-corrected chi connectivity index (χ4v) is 9.43. The summed E-state index contributed by atoms with van der Waals surface area (Å²) in [5, 5.41) is 31.0. The van der Waals surface area contributed by atoms with Crippen molar-refractivity contribution in [3.63, 3.8) is 0 Å². The molecule has 1 rings (SSSR count). The maximum Gasteiger partial charge on any atom is 0.306 e. The minimum absolute atomic E-state index is 0.172. The molecule has 1 aliphatic heterocycles. The molecule has 6 atom stereocenters. The average Bonchev–Trinajstić information content (AvgIpc) is 3.27. The standard InChI is InChI=1S/C52H100O12S/c1-3-5-7-9-11-13-15-17-19-20-21-22-23-24-25-26-27-29-30-32-34-36-38-40-47(53)61-42-45(43-62-52-51(57)50(56)49(55)46(64-52)44-65(58,59)60)63-48(54)41-39-37-35-33-31-28-18-16-14-12-10-8-6-4-2/h45-46,49-52,55-57H,3-44H2,1-2H3,(H,58,59,60)/t45-,46-,49-,50?,51?,52+/m1/s1. The molecule has 0 aromatic rings. The number of unbranched alkanes of at least 4 members (excludes halogenated alkanes) is 35. The van der Waals surface area contributed by atoms with E-state index < -0.39 is 71.2 Å². The smallest absolute Gasteiger partial charge is 0.306 e. The van der Waals surface area contributed by atoms with Crippen LogP contribution in [0.4, 0.5) is 0 Å². The van der Waals surface area contributed by atoms with Crippen LogP contribution in [0.5, 0.6) is 0 Å². The van der Waals surface area contributed by atoms with Crippen LogP contribution in [0, 0.1) is 0 Å². The molecular formula is C52H100O12S. The number of hydrogen-bond acceptors (Lipinski definition) is 11. The van der Waals surface area contributed by atoms with E-state index in [1.807, 2.05) is 0 Å². The van der Waals surface area contributed by atoms with Crippen molar-refractivity contribution in [2.24, 2.45) is 0 Å². The van der Waals surface area contributed by atoms with Crippen molar-refractivity contribution in [2.75, 3.05) is 19.0 Å². The van der Waals surface area contributed by atoms with Gasteiger partial charge in [0.15, 0.2) is 12.4 Å². The van der Waals surface area contributed by atoms with Crippen LogP contribution in [0.1, 0.15) is 264 Å². The van der Waals surface area contributed by atoms with Crippen molar-refractivity contribution in [3.05, 3.63) is 0 Å². The van der Waals surface area contributed by atoms with Crippen molar-refractivity contribution < 1.29 is 56.8 Å². The molecule has 1 aliphatic rings. The first-order valence-electron chi connectivity index (χ1n) is 27.1. The molecule has 0 aromatic heterocycles. The molecule has 65 heavy (non-hydrogen) atoms. The summed E-state index contributed by atoms with van der Waals surface area (Å²) in [5.41, 5.74) is 0. The van der Waals surface area contributed by atoms with E-state index in [-0.39, 0.29) is 19.4 Å². The summed E-state index contributed by atoms with van der Waals surface area (Å²) in [7, 11) is -4.60. The highest BCUT2D eigenvalue weighted by Gasteiger charge is 2.46. The van der Waals surface area contributed by atoms with E-state index in [1.54, 1.807) is 0 Å². The second-order valence-electron chi connectivity index (χ2n) is 19.3. The Morgan fingerprint density at radius 3 is 1.12 bits per heavy atom. The Hall–Kier alpha value is -1.35. The SMILES string of the molecule is CCCCCCCCCCCCCCCCCCCCCCCCCC(=O)OC[C@H](CO[C@H]1O[C@H](CS(=O)(=O)O)[C@@H](O)C(O)C1O)OC(=O)CCCCCCCCCCCCCCCC. The molecule has 0 spiro atoms. The predicted molar refractivity (Wildman–Crippen MR) is 261 cm³/mol. The lowest BCUT2D eigenvalue weighted by atomic mass is 10.00. The van der Waals surface area contributed by atoms with E-state index >= 15 is 0 Å². The van der Waals surface area contributed by atoms with Crippen LogP contribution in [0.3, 0.4) is 0 Å². The van der Waals surface area contributed by atoms with Gasteiger partial charge < -0.3 is 34.3 Å². The fraction of sp³-hybridized carbons (Fsp3) is 0.962. The number of aliphatic hydroxyl groups excluding tert-OH is 3. The Bertz CT molecular complexity index is 1200. The molecule has 0 aliphatic carbocycles. The van der Waals surface area contributed by atoms with E-state index in [0.29, 0.717) is 12.8 Å². The molecule has 0 saturated carbocycles. The number of carbonyl (C=O) groups excluding carboxylic acids is 2. The second-order valence-corrected chi connectivity index (χ2v) is 20.8. The number of rotatable bonds is 47. The molecule has 0 amide bonds. The van der Waals surface area contributed by atoms with Gasteiger partial charge >= 0.3 is 11.9 Å². The largest absolute Gasteiger partial charge is 0.462 e. The second kappa shape index (κ2) is 42.7. The van der Waals surface area contributed by atoms with Gasteiger partial charge in [-0.25, -0.2) is 0 Å². The van der Waals surface area contributed by atoms with Gasteiger partial charge in [0.25, 0.3) is 10.1 Å². The maximum atomic E-state index is 12.9. The van der Waals surface area contributed by atoms with Crippen LogP contribution in [0.2, 0.25) is 0 Å². The number of ether oxygens (including phenoxy) is 4. The molecule has 386 valence electrons. The first-order valence-corrected chi connectivity index (χ1v) is 28.7.